The lowest BCUT2D eigenvalue weighted by Gasteiger charge is -2.25. The first kappa shape index (κ1) is 18.2. The number of hydrogen-bond acceptors (Lipinski definition) is 5. The molecular weight excluding hydrogens is 376 g/mol. The molecule has 4 aromatic rings. The van der Waals surface area contributed by atoms with Crippen LogP contribution in [-0.4, -0.2) is 30.9 Å². The van der Waals surface area contributed by atoms with Crippen LogP contribution in [0.5, 0.6) is 0 Å². The molecule has 7 nitrogen and oxygen atoms in total. The van der Waals surface area contributed by atoms with Crippen LogP contribution in [-0.2, 0) is 4.79 Å². The molecule has 5 rings (SSSR count). The Labute approximate surface area is 173 Å². The molecule has 1 amide bonds. The zero-order valence-corrected chi connectivity index (χ0v) is 16.7. The summed E-state index contributed by atoms with van der Waals surface area (Å²) >= 11 is 0. The lowest BCUT2D eigenvalue weighted by Crippen LogP contribution is -2.25. The summed E-state index contributed by atoms with van der Waals surface area (Å²) < 4.78 is 1.59. The topological polar surface area (TPSA) is 85.6 Å². The first-order valence-corrected chi connectivity index (χ1v) is 9.82. The van der Waals surface area contributed by atoms with Crippen LogP contribution in [0.15, 0.2) is 60.8 Å². The Kier molecular flexibility index (Phi) is 4.35. The lowest BCUT2D eigenvalue weighted by molar-refractivity contribution is -0.116. The molecular formula is C23H20N6O. The molecule has 0 aliphatic carbocycles. The zero-order chi connectivity index (χ0) is 20.7. The van der Waals surface area contributed by atoms with E-state index in [2.05, 4.69) is 44.7 Å². The van der Waals surface area contributed by atoms with Gasteiger partial charge >= 0.3 is 0 Å². The first-order valence-electron chi connectivity index (χ1n) is 9.82. The first-order chi connectivity index (χ1) is 14.6. The number of aromatic nitrogens is 5. The van der Waals surface area contributed by atoms with Crippen LogP contribution in [0.1, 0.15) is 34.7 Å². The minimum atomic E-state index is -0.0611. The van der Waals surface area contributed by atoms with Gasteiger partial charge < -0.3 is 5.32 Å². The minimum Gasteiger partial charge on any atom is -0.310 e. The quantitative estimate of drug-likeness (QED) is 0.569. The lowest BCUT2D eigenvalue weighted by atomic mass is 9.84. The smallest absolute Gasteiger partial charge is 0.272 e. The number of carbonyl (C=O) groups is 1. The van der Waals surface area contributed by atoms with Crippen molar-refractivity contribution >= 4 is 11.7 Å². The van der Waals surface area contributed by atoms with E-state index in [-0.39, 0.29) is 11.8 Å². The van der Waals surface area contributed by atoms with Crippen LogP contribution >= 0.6 is 0 Å². The van der Waals surface area contributed by atoms with E-state index in [0.717, 1.165) is 27.9 Å². The second-order valence-electron chi connectivity index (χ2n) is 7.43. The predicted octanol–water partition coefficient (Wildman–Crippen LogP) is 3.82. The molecule has 1 aliphatic rings. The number of aryl methyl sites for hydroxylation is 2. The van der Waals surface area contributed by atoms with Crippen LogP contribution in [0, 0.1) is 13.8 Å². The molecule has 0 saturated heterocycles. The molecule has 0 saturated carbocycles. The van der Waals surface area contributed by atoms with Crippen molar-refractivity contribution in [2.45, 2.75) is 26.2 Å². The van der Waals surface area contributed by atoms with Gasteiger partial charge in [-0.3, -0.25) is 4.79 Å². The Morgan fingerprint density at radius 3 is 2.60 bits per heavy atom. The number of anilines is 1. The SMILES string of the molecule is Cc1ccccc1[C@H]1CC(=O)Nc2c1c(C)nn2-c1nncc(-c2ccccc2)n1. The van der Waals surface area contributed by atoms with E-state index < -0.39 is 0 Å². The molecule has 1 aliphatic heterocycles. The highest BCUT2D eigenvalue weighted by atomic mass is 16.1. The number of nitrogens with one attached hydrogen (secondary N) is 1. The number of carbonyl (C=O) groups excluding carboxylic acids is 1. The Morgan fingerprint density at radius 1 is 1.03 bits per heavy atom. The second-order valence-corrected chi connectivity index (χ2v) is 7.43. The highest BCUT2D eigenvalue weighted by molar-refractivity contribution is 5.95. The molecule has 2 aromatic carbocycles. The molecule has 2 aromatic heterocycles. The van der Waals surface area contributed by atoms with Crippen molar-refractivity contribution < 1.29 is 4.79 Å². The molecule has 1 N–H and O–H groups in total. The van der Waals surface area contributed by atoms with Gasteiger partial charge in [0.05, 0.1) is 17.6 Å². The third-order valence-corrected chi connectivity index (χ3v) is 5.47. The summed E-state index contributed by atoms with van der Waals surface area (Å²) in [7, 11) is 0. The number of amides is 1. The molecule has 30 heavy (non-hydrogen) atoms. The van der Waals surface area contributed by atoms with E-state index in [4.69, 9.17) is 0 Å². The molecule has 0 fully saturated rings. The summed E-state index contributed by atoms with van der Waals surface area (Å²) in [5, 5.41) is 16.0. The Morgan fingerprint density at radius 2 is 1.80 bits per heavy atom. The number of benzene rings is 2. The van der Waals surface area contributed by atoms with Gasteiger partial charge in [0.25, 0.3) is 5.95 Å². The number of nitrogens with zero attached hydrogens (tertiary/aromatic N) is 5. The van der Waals surface area contributed by atoms with Gasteiger partial charge in [0.2, 0.25) is 5.91 Å². The van der Waals surface area contributed by atoms with E-state index in [0.29, 0.717) is 23.9 Å². The van der Waals surface area contributed by atoms with Gasteiger partial charge in [-0.05, 0) is 25.0 Å². The number of fused-ring (bicyclic) bond motifs is 1. The van der Waals surface area contributed by atoms with Crippen molar-refractivity contribution in [1.29, 1.82) is 0 Å². The summed E-state index contributed by atoms with van der Waals surface area (Å²) in [5.74, 6) is 0.827. The van der Waals surface area contributed by atoms with Crippen LogP contribution in [0.3, 0.4) is 0 Å². The molecule has 0 radical (unpaired) electrons. The maximum absolute atomic E-state index is 12.6. The number of rotatable bonds is 3. The average Bonchev–Trinajstić information content (AvgIpc) is 3.10. The zero-order valence-electron chi connectivity index (χ0n) is 16.7. The Bertz CT molecular complexity index is 1250. The van der Waals surface area contributed by atoms with Gasteiger partial charge in [0.1, 0.15) is 5.82 Å². The summed E-state index contributed by atoms with van der Waals surface area (Å²) in [6, 6.07) is 17.9. The van der Waals surface area contributed by atoms with Crippen molar-refractivity contribution in [3.63, 3.8) is 0 Å². The van der Waals surface area contributed by atoms with Gasteiger partial charge in [-0.2, -0.15) is 14.9 Å². The van der Waals surface area contributed by atoms with Crippen LogP contribution in [0.2, 0.25) is 0 Å². The minimum absolute atomic E-state index is 0.0518. The fraction of sp³-hybridized carbons (Fsp3) is 0.174. The van der Waals surface area contributed by atoms with E-state index in [1.165, 1.54) is 0 Å². The molecule has 7 heteroatoms. The second kappa shape index (κ2) is 7.18. The highest BCUT2D eigenvalue weighted by Gasteiger charge is 2.33. The van der Waals surface area contributed by atoms with Crippen molar-refractivity contribution in [3.8, 4) is 17.2 Å². The average molecular weight is 396 g/mol. The number of hydrogen-bond donors (Lipinski definition) is 1. The van der Waals surface area contributed by atoms with Gasteiger partial charge in [-0.25, -0.2) is 4.98 Å². The fourth-order valence-electron chi connectivity index (χ4n) is 4.07. The van der Waals surface area contributed by atoms with Gasteiger partial charge in [-0.15, -0.1) is 5.10 Å². The predicted molar refractivity (Wildman–Crippen MR) is 113 cm³/mol. The molecule has 0 spiro atoms. The van der Waals surface area contributed by atoms with Crippen molar-refractivity contribution in [3.05, 3.63) is 83.2 Å². The maximum Gasteiger partial charge on any atom is 0.272 e. The van der Waals surface area contributed by atoms with E-state index in [1.54, 1.807) is 10.9 Å². The van der Waals surface area contributed by atoms with E-state index >= 15 is 0 Å². The van der Waals surface area contributed by atoms with E-state index in [9.17, 15) is 4.79 Å². The molecule has 0 unspecified atom stereocenters. The van der Waals surface area contributed by atoms with Crippen molar-refractivity contribution in [2.75, 3.05) is 5.32 Å². The highest BCUT2D eigenvalue weighted by Crippen LogP contribution is 2.40. The third kappa shape index (κ3) is 3.04. The normalized spacial score (nSPS) is 15.5. The monoisotopic (exact) mass is 396 g/mol. The molecule has 1 atom stereocenters. The van der Waals surface area contributed by atoms with Crippen LogP contribution in [0.4, 0.5) is 5.82 Å². The summed E-state index contributed by atoms with van der Waals surface area (Å²) in [5.41, 5.74) is 5.76. The Hall–Kier alpha value is -3.87. The summed E-state index contributed by atoms with van der Waals surface area (Å²) in [4.78, 5) is 17.2. The molecule has 0 bridgehead atoms. The van der Waals surface area contributed by atoms with Crippen molar-refractivity contribution in [2.24, 2.45) is 0 Å². The van der Waals surface area contributed by atoms with Crippen LogP contribution < -0.4 is 5.32 Å². The third-order valence-electron chi connectivity index (χ3n) is 5.47. The standard InChI is InChI=1S/C23H20N6O/c1-14-8-6-7-11-17(14)18-12-20(30)26-22-21(18)15(2)28-29(22)23-25-19(13-24-27-23)16-9-4-3-5-10-16/h3-11,13,18H,12H2,1-2H3,(H,26,30)/t18-/m1/s1. The van der Waals surface area contributed by atoms with Gasteiger partial charge in [0.15, 0.2) is 0 Å². The molecule has 3 heterocycles. The van der Waals surface area contributed by atoms with Crippen LogP contribution in [0.25, 0.3) is 17.2 Å². The summed E-state index contributed by atoms with van der Waals surface area (Å²) in [6.07, 6.45) is 2.00. The van der Waals surface area contributed by atoms with Gasteiger partial charge in [0, 0.05) is 23.5 Å². The maximum atomic E-state index is 12.6. The Balaban J connectivity index is 1.64. The van der Waals surface area contributed by atoms with Crippen molar-refractivity contribution in [1.82, 2.24) is 25.0 Å². The fourth-order valence-corrected chi connectivity index (χ4v) is 4.07. The van der Waals surface area contributed by atoms with E-state index in [1.807, 2.05) is 49.4 Å². The molecule has 148 valence electrons. The summed E-state index contributed by atoms with van der Waals surface area (Å²) in [6.45, 7) is 4.02. The van der Waals surface area contributed by atoms with Gasteiger partial charge in [-0.1, -0.05) is 54.6 Å². The largest absolute Gasteiger partial charge is 0.310 e.